The Hall–Kier alpha value is -1.71. The second-order valence-corrected chi connectivity index (χ2v) is 5.28. The standard InChI is InChI=1S/C16H26N2O2/c1-5-13(4)18-16(19)17-10-11-20-15-8-6-14(7-9-15)12(2)3/h6-9,12-13H,5,10-11H2,1-4H3,(H2,17,18,19). The fraction of sp³-hybridized carbons (Fsp3) is 0.562. The zero-order chi connectivity index (χ0) is 15.0. The average Bonchev–Trinajstić information content (AvgIpc) is 2.44. The van der Waals surface area contributed by atoms with E-state index in [-0.39, 0.29) is 12.1 Å². The number of carbonyl (C=O) groups excluding carboxylic acids is 1. The molecule has 0 saturated heterocycles. The molecule has 1 unspecified atom stereocenters. The lowest BCUT2D eigenvalue weighted by atomic mass is 10.0. The van der Waals surface area contributed by atoms with Gasteiger partial charge in [-0.3, -0.25) is 0 Å². The van der Waals surface area contributed by atoms with Gasteiger partial charge in [-0.05, 0) is 37.0 Å². The number of nitrogens with one attached hydrogen (secondary N) is 2. The van der Waals surface area contributed by atoms with Crippen molar-refractivity contribution in [2.24, 2.45) is 0 Å². The zero-order valence-corrected chi connectivity index (χ0v) is 12.9. The third kappa shape index (κ3) is 5.95. The van der Waals surface area contributed by atoms with E-state index in [4.69, 9.17) is 4.74 Å². The predicted molar refractivity (Wildman–Crippen MR) is 82.3 cm³/mol. The molecule has 4 nitrogen and oxygen atoms in total. The minimum atomic E-state index is -0.141. The maximum atomic E-state index is 11.5. The van der Waals surface area contributed by atoms with Crippen LogP contribution in [0, 0.1) is 0 Å². The second kappa shape index (κ2) is 8.46. The normalized spacial score (nSPS) is 12.1. The van der Waals surface area contributed by atoms with Crippen molar-refractivity contribution >= 4 is 6.03 Å². The van der Waals surface area contributed by atoms with Gasteiger partial charge in [0.15, 0.2) is 0 Å². The fourth-order valence-electron chi connectivity index (χ4n) is 1.66. The van der Waals surface area contributed by atoms with Crippen LogP contribution in [0.1, 0.15) is 45.6 Å². The highest BCUT2D eigenvalue weighted by molar-refractivity contribution is 5.74. The number of hydrogen-bond donors (Lipinski definition) is 2. The quantitative estimate of drug-likeness (QED) is 0.752. The molecule has 0 bridgehead atoms. The Morgan fingerprint density at radius 1 is 1.20 bits per heavy atom. The first-order valence-electron chi connectivity index (χ1n) is 7.30. The first-order valence-corrected chi connectivity index (χ1v) is 7.30. The maximum absolute atomic E-state index is 11.5. The summed E-state index contributed by atoms with van der Waals surface area (Å²) < 4.78 is 5.58. The van der Waals surface area contributed by atoms with E-state index in [9.17, 15) is 4.79 Å². The summed E-state index contributed by atoms with van der Waals surface area (Å²) in [5, 5.41) is 5.62. The molecule has 0 heterocycles. The van der Waals surface area contributed by atoms with Gasteiger partial charge in [-0.25, -0.2) is 4.79 Å². The van der Waals surface area contributed by atoms with E-state index in [0.29, 0.717) is 19.1 Å². The van der Waals surface area contributed by atoms with Crippen LogP contribution in [-0.4, -0.2) is 25.2 Å². The minimum Gasteiger partial charge on any atom is -0.492 e. The molecule has 1 atom stereocenters. The van der Waals surface area contributed by atoms with Gasteiger partial charge >= 0.3 is 6.03 Å². The van der Waals surface area contributed by atoms with E-state index in [2.05, 4.69) is 36.6 Å². The number of ether oxygens (including phenoxy) is 1. The van der Waals surface area contributed by atoms with Crippen molar-refractivity contribution in [2.75, 3.05) is 13.2 Å². The molecule has 20 heavy (non-hydrogen) atoms. The van der Waals surface area contributed by atoms with E-state index in [1.807, 2.05) is 26.0 Å². The van der Waals surface area contributed by atoms with Crippen molar-refractivity contribution < 1.29 is 9.53 Å². The summed E-state index contributed by atoms with van der Waals surface area (Å²) in [6.07, 6.45) is 0.923. The van der Waals surface area contributed by atoms with E-state index in [1.165, 1.54) is 5.56 Å². The van der Waals surface area contributed by atoms with Gasteiger partial charge in [0, 0.05) is 6.04 Å². The van der Waals surface area contributed by atoms with E-state index in [1.54, 1.807) is 0 Å². The molecule has 0 aromatic heterocycles. The smallest absolute Gasteiger partial charge is 0.315 e. The molecule has 2 N–H and O–H groups in total. The minimum absolute atomic E-state index is 0.141. The van der Waals surface area contributed by atoms with Crippen molar-refractivity contribution in [1.29, 1.82) is 0 Å². The summed E-state index contributed by atoms with van der Waals surface area (Å²) in [6, 6.07) is 8.13. The SMILES string of the molecule is CCC(C)NC(=O)NCCOc1ccc(C(C)C)cc1. The highest BCUT2D eigenvalue weighted by Gasteiger charge is 2.04. The molecular formula is C16H26N2O2. The Morgan fingerprint density at radius 3 is 2.40 bits per heavy atom. The Labute approximate surface area is 121 Å². The molecule has 1 aromatic rings. The van der Waals surface area contributed by atoms with Gasteiger partial charge < -0.3 is 15.4 Å². The van der Waals surface area contributed by atoms with Gasteiger partial charge in [0.1, 0.15) is 12.4 Å². The largest absolute Gasteiger partial charge is 0.492 e. The molecule has 1 aromatic carbocycles. The summed E-state index contributed by atoms with van der Waals surface area (Å²) >= 11 is 0. The summed E-state index contributed by atoms with van der Waals surface area (Å²) in [4.78, 5) is 11.5. The molecule has 0 saturated carbocycles. The molecule has 0 radical (unpaired) electrons. The van der Waals surface area contributed by atoms with Crippen LogP contribution in [0.2, 0.25) is 0 Å². The lowest BCUT2D eigenvalue weighted by Gasteiger charge is -2.13. The molecule has 2 amide bonds. The Bertz CT molecular complexity index is 401. The van der Waals surface area contributed by atoms with Crippen LogP contribution < -0.4 is 15.4 Å². The lowest BCUT2D eigenvalue weighted by molar-refractivity contribution is 0.233. The molecule has 0 aliphatic rings. The first-order chi connectivity index (χ1) is 9.52. The summed E-state index contributed by atoms with van der Waals surface area (Å²) in [5.74, 6) is 1.36. The molecule has 1 rings (SSSR count). The van der Waals surface area contributed by atoms with Crippen LogP contribution in [-0.2, 0) is 0 Å². The van der Waals surface area contributed by atoms with Crippen LogP contribution in [0.25, 0.3) is 0 Å². The van der Waals surface area contributed by atoms with Crippen molar-refractivity contribution in [2.45, 2.75) is 46.1 Å². The highest BCUT2D eigenvalue weighted by atomic mass is 16.5. The topological polar surface area (TPSA) is 50.4 Å². The van der Waals surface area contributed by atoms with Crippen molar-refractivity contribution in [1.82, 2.24) is 10.6 Å². The Kier molecular flexibility index (Phi) is 6.91. The van der Waals surface area contributed by atoms with Gasteiger partial charge in [-0.15, -0.1) is 0 Å². The van der Waals surface area contributed by atoms with Crippen LogP contribution in [0.3, 0.4) is 0 Å². The third-order valence-corrected chi connectivity index (χ3v) is 3.19. The zero-order valence-electron chi connectivity index (χ0n) is 12.9. The summed E-state index contributed by atoms with van der Waals surface area (Å²) in [5.41, 5.74) is 1.29. The van der Waals surface area contributed by atoms with E-state index in [0.717, 1.165) is 12.2 Å². The van der Waals surface area contributed by atoms with Crippen molar-refractivity contribution in [3.8, 4) is 5.75 Å². The molecule has 0 fully saturated rings. The fourth-order valence-corrected chi connectivity index (χ4v) is 1.66. The number of benzene rings is 1. The maximum Gasteiger partial charge on any atom is 0.315 e. The number of hydrogen-bond acceptors (Lipinski definition) is 2. The molecule has 0 aliphatic heterocycles. The predicted octanol–water partition coefficient (Wildman–Crippen LogP) is 3.29. The molecule has 0 aliphatic carbocycles. The lowest BCUT2D eigenvalue weighted by Crippen LogP contribution is -2.41. The number of rotatable bonds is 7. The number of carbonyl (C=O) groups is 1. The Balaban J connectivity index is 2.22. The van der Waals surface area contributed by atoms with Gasteiger partial charge in [-0.1, -0.05) is 32.9 Å². The monoisotopic (exact) mass is 278 g/mol. The average molecular weight is 278 g/mol. The van der Waals surface area contributed by atoms with Crippen molar-refractivity contribution in [3.63, 3.8) is 0 Å². The van der Waals surface area contributed by atoms with Gasteiger partial charge in [0.2, 0.25) is 0 Å². The third-order valence-electron chi connectivity index (χ3n) is 3.19. The van der Waals surface area contributed by atoms with Gasteiger partial charge in [-0.2, -0.15) is 0 Å². The van der Waals surface area contributed by atoms with E-state index >= 15 is 0 Å². The second-order valence-electron chi connectivity index (χ2n) is 5.28. The molecule has 4 heteroatoms. The molecule has 0 spiro atoms. The highest BCUT2D eigenvalue weighted by Crippen LogP contribution is 2.18. The molecule has 112 valence electrons. The summed E-state index contributed by atoms with van der Waals surface area (Å²) in [6.45, 7) is 9.30. The Morgan fingerprint density at radius 2 is 1.85 bits per heavy atom. The first kappa shape index (κ1) is 16.3. The van der Waals surface area contributed by atoms with E-state index < -0.39 is 0 Å². The van der Waals surface area contributed by atoms with Crippen LogP contribution in [0.4, 0.5) is 4.79 Å². The van der Waals surface area contributed by atoms with Crippen LogP contribution in [0.15, 0.2) is 24.3 Å². The van der Waals surface area contributed by atoms with Crippen LogP contribution >= 0.6 is 0 Å². The summed E-state index contributed by atoms with van der Waals surface area (Å²) in [7, 11) is 0. The number of urea groups is 1. The van der Waals surface area contributed by atoms with Gasteiger partial charge in [0.05, 0.1) is 6.54 Å². The molecular weight excluding hydrogens is 252 g/mol. The van der Waals surface area contributed by atoms with Crippen LogP contribution in [0.5, 0.6) is 5.75 Å². The number of amides is 2. The van der Waals surface area contributed by atoms with Crippen molar-refractivity contribution in [3.05, 3.63) is 29.8 Å². The van der Waals surface area contributed by atoms with Gasteiger partial charge in [0.25, 0.3) is 0 Å².